The Kier molecular flexibility index (Phi) is 6.95. The van der Waals surface area contributed by atoms with Gasteiger partial charge < -0.3 is 19.9 Å². The maximum absolute atomic E-state index is 12.4. The fourth-order valence-electron chi connectivity index (χ4n) is 1.78. The molecule has 0 saturated heterocycles. The van der Waals surface area contributed by atoms with Crippen LogP contribution in [0.3, 0.4) is 0 Å². The highest BCUT2D eigenvalue weighted by Gasteiger charge is 2.33. The molecule has 2 N–H and O–H groups in total. The number of rotatable bonds is 5. The van der Waals surface area contributed by atoms with E-state index in [1.807, 2.05) is 0 Å². The Bertz CT molecular complexity index is 441. The zero-order chi connectivity index (χ0) is 14.6. The highest BCUT2D eigenvalue weighted by atomic mass is 35.5. The summed E-state index contributed by atoms with van der Waals surface area (Å²) in [6.45, 7) is 0. The van der Waals surface area contributed by atoms with Gasteiger partial charge in [0.25, 0.3) is 0 Å². The summed E-state index contributed by atoms with van der Waals surface area (Å²) < 4.78 is 52.4. The van der Waals surface area contributed by atoms with Crippen molar-refractivity contribution in [1.82, 2.24) is 0 Å². The van der Waals surface area contributed by atoms with Crippen molar-refractivity contribution in [1.29, 1.82) is 0 Å². The topological polar surface area (TPSA) is 53.7 Å². The molecule has 1 aromatic rings. The van der Waals surface area contributed by atoms with Crippen LogP contribution in [0.15, 0.2) is 12.1 Å². The van der Waals surface area contributed by atoms with Crippen molar-refractivity contribution in [2.45, 2.75) is 18.6 Å². The van der Waals surface area contributed by atoms with Crippen molar-refractivity contribution in [3.8, 4) is 17.2 Å². The van der Waals surface area contributed by atoms with Gasteiger partial charge in [0.2, 0.25) is 5.75 Å². The van der Waals surface area contributed by atoms with E-state index < -0.39 is 18.6 Å². The third kappa shape index (κ3) is 4.35. The van der Waals surface area contributed by atoms with E-state index >= 15 is 0 Å². The van der Waals surface area contributed by atoms with Crippen LogP contribution < -0.4 is 19.9 Å². The summed E-state index contributed by atoms with van der Waals surface area (Å²) in [5.74, 6) is 0.737. The Morgan fingerprint density at radius 2 is 1.60 bits per heavy atom. The normalized spacial score (nSPS) is 12.3. The second-order valence-electron chi connectivity index (χ2n) is 3.85. The molecule has 0 amide bonds. The smallest absolute Gasteiger partial charge is 0.390 e. The summed E-state index contributed by atoms with van der Waals surface area (Å²) in [6, 6.07) is 1.71. The van der Waals surface area contributed by atoms with Gasteiger partial charge in [0, 0.05) is 11.6 Å². The molecule has 0 aliphatic rings. The molecule has 0 aliphatic heterocycles. The molecule has 0 aliphatic carbocycles. The molecular weight excluding hydrogens is 299 g/mol. The van der Waals surface area contributed by atoms with E-state index in [-0.39, 0.29) is 29.5 Å². The van der Waals surface area contributed by atoms with Crippen LogP contribution in [-0.4, -0.2) is 27.5 Å². The molecule has 1 rings (SSSR count). The average Bonchev–Trinajstić information content (AvgIpc) is 2.34. The van der Waals surface area contributed by atoms with Crippen LogP contribution in [0.2, 0.25) is 0 Å². The third-order valence-corrected chi connectivity index (χ3v) is 2.59. The third-order valence-electron chi connectivity index (χ3n) is 2.59. The summed E-state index contributed by atoms with van der Waals surface area (Å²) in [5, 5.41) is 0. The van der Waals surface area contributed by atoms with E-state index in [2.05, 4.69) is 0 Å². The predicted molar refractivity (Wildman–Crippen MR) is 70.9 cm³/mol. The summed E-state index contributed by atoms with van der Waals surface area (Å²) in [7, 11) is 4.13. The molecular formula is C12H17ClF3NO3. The molecule has 0 spiro atoms. The summed E-state index contributed by atoms with van der Waals surface area (Å²) in [4.78, 5) is 0. The number of nitrogens with two attached hydrogens (primary N) is 1. The maximum Gasteiger partial charge on any atom is 0.390 e. The Balaban J connectivity index is 0.00000361. The maximum atomic E-state index is 12.4. The fraction of sp³-hybridized carbons (Fsp3) is 0.500. The molecule has 0 aromatic heterocycles. The zero-order valence-corrected chi connectivity index (χ0v) is 12.1. The second kappa shape index (κ2) is 7.44. The van der Waals surface area contributed by atoms with Crippen molar-refractivity contribution < 1.29 is 27.4 Å². The average molecular weight is 316 g/mol. The molecule has 0 saturated carbocycles. The molecule has 1 atom stereocenters. The van der Waals surface area contributed by atoms with Crippen molar-refractivity contribution >= 4 is 12.4 Å². The zero-order valence-electron chi connectivity index (χ0n) is 11.3. The van der Waals surface area contributed by atoms with Crippen LogP contribution in [0, 0.1) is 0 Å². The number of ether oxygens (including phenoxy) is 3. The minimum absolute atomic E-state index is 0. The van der Waals surface area contributed by atoms with Gasteiger partial charge in [-0.2, -0.15) is 13.2 Å². The fourth-order valence-corrected chi connectivity index (χ4v) is 1.78. The first kappa shape index (κ1) is 18.7. The molecule has 8 heteroatoms. The lowest BCUT2D eigenvalue weighted by molar-refractivity contribution is -0.138. The number of hydrogen-bond acceptors (Lipinski definition) is 4. The summed E-state index contributed by atoms with van der Waals surface area (Å²) in [5.41, 5.74) is 5.80. The number of alkyl halides is 3. The first-order chi connectivity index (χ1) is 8.84. The van der Waals surface area contributed by atoms with E-state index in [4.69, 9.17) is 19.9 Å². The molecule has 0 bridgehead atoms. The van der Waals surface area contributed by atoms with E-state index in [0.717, 1.165) is 0 Å². The summed E-state index contributed by atoms with van der Waals surface area (Å²) in [6.07, 6.45) is -5.49. The van der Waals surface area contributed by atoms with Crippen LogP contribution in [0.4, 0.5) is 13.2 Å². The molecule has 20 heavy (non-hydrogen) atoms. The minimum atomic E-state index is -4.35. The number of methoxy groups -OCH3 is 3. The molecule has 116 valence electrons. The van der Waals surface area contributed by atoms with Crippen LogP contribution >= 0.6 is 12.4 Å². The van der Waals surface area contributed by atoms with Crippen LogP contribution in [0.25, 0.3) is 0 Å². The van der Waals surface area contributed by atoms with E-state index in [0.29, 0.717) is 5.75 Å². The van der Waals surface area contributed by atoms with Crippen molar-refractivity contribution in [2.75, 3.05) is 21.3 Å². The highest BCUT2D eigenvalue weighted by molar-refractivity contribution is 5.85. The number of hydrogen-bond donors (Lipinski definition) is 1. The highest BCUT2D eigenvalue weighted by Crippen LogP contribution is 2.43. The molecule has 1 aromatic carbocycles. The first-order valence-electron chi connectivity index (χ1n) is 5.45. The van der Waals surface area contributed by atoms with Crippen LogP contribution in [0.1, 0.15) is 18.0 Å². The van der Waals surface area contributed by atoms with Gasteiger partial charge in [-0.15, -0.1) is 12.4 Å². The van der Waals surface area contributed by atoms with Gasteiger partial charge in [0.05, 0.1) is 27.8 Å². The van der Waals surface area contributed by atoms with Gasteiger partial charge in [-0.1, -0.05) is 0 Å². The lowest BCUT2D eigenvalue weighted by atomic mass is 10.0. The molecule has 0 unspecified atom stereocenters. The predicted octanol–water partition coefficient (Wildman–Crippen LogP) is 3.09. The van der Waals surface area contributed by atoms with E-state index in [9.17, 15) is 13.2 Å². The van der Waals surface area contributed by atoms with Gasteiger partial charge in [0.1, 0.15) is 0 Å². The standard InChI is InChI=1S/C12H16F3NO3.ClH/c1-17-9-5-4-7(8(16)6-12(13,14)15)10(18-2)11(9)19-3;/h4-5,8H,6,16H2,1-3H3;1H/t8-;/m0./s1. The van der Waals surface area contributed by atoms with Crippen LogP contribution in [-0.2, 0) is 0 Å². The van der Waals surface area contributed by atoms with Crippen molar-refractivity contribution in [2.24, 2.45) is 5.73 Å². The molecule has 0 heterocycles. The van der Waals surface area contributed by atoms with E-state index in [1.165, 1.54) is 33.5 Å². The SMILES string of the molecule is COc1ccc([C@@H](N)CC(F)(F)F)c(OC)c1OC.Cl. The van der Waals surface area contributed by atoms with Gasteiger partial charge >= 0.3 is 6.18 Å². The van der Waals surface area contributed by atoms with Crippen molar-refractivity contribution in [3.63, 3.8) is 0 Å². The molecule has 0 fully saturated rings. The monoisotopic (exact) mass is 315 g/mol. The lowest BCUT2D eigenvalue weighted by Crippen LogP contribution is -2.21. The second-order valence-corrected chi connectivity index (χ2v) is 3.85. The first-order valence-corrected chi connectivity index (χ1v) is 5.45. The Labute approximate surface area is 121 Å². The lowest BCUT2D eigenvalue weighted by Gasteiger charge is -2.20. The minimum Gasteiger partial charge on any atom is -0.493 e. The number of benzene rings is 1. The Morgan fingerprint density at radius 3 is 2.00 bits per heavy atom. The number of halogens is 4. The van der Waals surface area contributed by atoms with Gasteiger partial charge in [-0.05, 0) is 12.1 Å². The summed E-state index contributed by atoms with van der Waals surface area (Å²) >= 11 is 0. The Morgan fingerprint density at radius 1 is 1.05 bits per heavy atom. The quantitative estimate of drug-likeness (QED) is 0.907. The van der Waals surface area contributed by atoms with E-state index in [1.54, 1.807) is 0 Å². The largest absolute Gasteiger partial charge is 0.493 e. The van der Waals surface area contributed by atoms with Gasteiger partial charge in [-0.25, -0.2) is 0 Å². The molecule has 4 nitrogen and oxygen atoms in total. The molecule has 0 radical (unpaired) electrons. The van der Waals surface area contributed by atoms with Gasteiger partial charge in [0.15, 0.2) is 11.5 Å². The van der Waals surface area contributed by atoms with Gasteiger partial charge in [-0.3, -0.25) is 0 Å². The van der Waals surface area contributed by atoms with Crippen molar-refractivity contribution in [3.05, 3.63) is 17.7 Å². The van der Waals surface area contributed by atoms with Crippen LogP contribution in [0.5, 0.6) is 17.2 Å². The Hall–Kier alpha value is -1.34.